The molecule has 1 aliphatic heterocycles. The molecule has 9 nitrogen and oxygen atoms in total. The van der Waals surface area contributed by atoms with E-state index in [2.05, 4.69) is 5.32 Å². The fourth-order valence-corrected chi connectivity index (χ4v) is 4.00. The van der Waals surface area contributed by atoms with E-state index in [0.717, 1.165) is 17.1 Å². The second-order valence-electron chi connectivity index (χ2n) is 6.48. The molecule has 0 saturated carbocycles. The van der Waals surface area contributed by atoms with Gasteiger partial charge in [0.25, 0.3) is 0 Å². The Morgan fingerprint density at radius 1 is 1.10 bits per heavy atom. The molecule has 0 aromatic heterocycles. The van der Waals surface area contributed by atoms with Crippen molar-refractivity contribution >= 4 is 52.7 Å². The third kappa shape index (κ3) is 5.37. The van der Waals surface area contributed by atoms with Crippen LogP contribution in [0.2, 0.25) is 0 Å². The maximum absolute atomic E-state index is 12.8. The summed E-state index contributed by atoms with van der Waals surface area (Å²) in [6, 6.07) is 12.5. The van der Waals surface area contributed by atoms with Gasteiger partial charge in [-0.05, 0) is 42.5 Å². The van der Waals surface area contributed by atoms with Gasteiger partial charge in [-0.2, -0.15) is 0 Å². The van der Waals surface area contributed by atoms with Gasteiger partial charge in [0.1, 0.15) is 0 Å². The van der Waals surface area contributed by atoms with E-state index in [1.807, 2.05) is 0 Å². The number of thioether (sulfide) groups is 1. The molecule has 1 atom stereocenters. The average molecular weight is 439 g/mol. The van der Waals surface area contributed by atoms with E-state index >= 15 is 0 Å². The summed E-state index contributed by atoms with van der Waals surface area (Å²) in [7, 11) is 0. The Balaban J connectivity index is 1.70. The quantitative estimate of drug-likeness (QED) is 0.440. The Hall–Kier alpha value is -3.92. The predicted molar refractivity (Wildman–Crippen MR) is 114 cm³/mol. The number of aliphatic carboxylic acids is 1. The summed E-state index contributed by atoms with van der Waals surface area (Å²) in [4.78, 5) is 60.4. The highest BCUT2D eigenvalue weighted by Gasteiger charge is 2.40. The minimum atomic E-state index is -1.24. The highest BCUT2D eigenvalue weighted by atomic mass is 32.2. The highest BCUT2D eigenvalue weighted by Crippen LogP contribution is 2.34. The number of nitrogens with one attached hydrogen (secondary N) is 1. The van der Waals surface area contributed by atoms with Gasteiger partial charge in [-0.25, -0.2) is 9.69 Å². The largest absolute Gasteiger partial charge is 0.478 e. The van der Waals surface area contributed by atoms with Gasteiger partial charge in [-0.15, -0.1) is 11.8 Å². The molecule has 158 valence electrons. The maximum atomic E-state index is 12.8. The van der Waals surface area contributed by atoms with Crippen LogP contribution in [-0.2, 0) is 19.2 Å². The second-order valence-corrected chi connectivity index (χ2v) is 7.75. The summed E-state index contributed by atoms with van der Waals surface area (Å²) in [6.45, 7) is 0. The Morgan fingerprint density at radius 2 is 1.81 bits per heavy atom. The van der Waals surface area contributed by atoms with E-state index in [-0.39, 0.29) is 23.8 Å². The molecule has 0 spiro atoms. The smallest absolute Gasteiger partial charge is 0.328 e. The molecule has 2 aromatic rings. The molecule has 4 N–H and O–H groups in total. The number of rotatable bonds is 7. The van der Waals surface area contributed by atoms with E-state index < -0.39 is 23.0 Å². The number of amides is 4. The number of carboxylic acid groups (broad SMARTS) is 1. The van der Waals surface area contributed by atoms with Crippen LogP contribution >= 0.6 is 11.8 Å². The summed E-state index contributed by atoms with van der Waals surface area (Å²) >= 11 is 1.18. The molecule has 31 heavy (non-hydrogen) atoms. The third-order valence-corrected chi connectivity index (χ3v) is 5.45. The van der Waals surface area contributed by atoms with Crippen LogP contribution in [0.4, 0.5) is 11.4 Å². The van der Waals surface area contributed by atoms with Crippen LogP contribution in [0.1, 0.15) is 16.8 Å². The van der Waals surface area contributed by atoms with E-state index in [1.54, 1.807) is 24.3 Å². The molecule has 0 radical (unpaired) electrons. The van der Waals surface area contributed by atoms with E-state index in [9.17, 15) is 24.0 Å². The lowest BCUT2D eigenvalue weighted by atomic mass is 10.2. The topological polar surface area (TPSA) is 147 Å². The first-order chi connectivity index (χ1) is 14.7. The fraction of sp³-hybridized carbons (Fsp3) is 0.0952. The number of anilines is 2. The van der Waals surface area contributed by atoms with E-state index in [1.165, 1.54) is 36.0 Å². The number of benzene rings is 2. The monoisotopic (exact) mass is 439 g/mol. The minimum absolute atomic E-state index is 0.000985. The lowest BCUT2D eigenvalue weighted by molar-refractivity contribution is -0.131. The van der Waals surface area contributed by atoms with Gasteiger partial charge >= 0.3 is 5.97 Å². The summed E-state index contributed by atoms with van der Waals surface area (Å²) in [6.07, 6.45) is 1.61. The number of nitrogens with zero attached hydrogens (tertiary/aromatic N) is 1. The molecule has 1 fully saturated rings. The van der Waals surface area contributed by atoms with Gasteiger partial charge in [0.2, 0.25) is 23.6 Å². The third-order valence-electron chi connectivity index (χ3n) is 4.27. The SMILES string of the molecule is NC(=O)c1ccc(N2C(=O)C[C@H](Sc3cccc(NC(=O)/C=C/C(=O)O)c3)C2=O)cc1. The number of imide groups is 1. The van der Waals surface area contributed by atoms with Crippen LogP contribution < -0.4 is 16.0 Å². The minimum Gasteiger partial charge on any atom is -0.478 e. The van der Waals surface area contributed by atoms with Gasteiger partial charge in [0.15, 0.2) is 0 Å². The Morgan fingerprint density at radius 3 is 2.45 bits per heavy atom. The molecule has 0 aliphatic carbocycles. The molecular formula is C21H17N3O6S. The van der Waals surface area contributed by atoms with Crippen molar-refractivity contribution in [2.24, 2.45) is 5.73 Å². The number of carboxylic acids is 1. The molecule has 2 aromatic carbocycles. The molecule has 0 unspecified atom stereocenters. The zero-order valence-corrected chi connectivity index (χ0v) is 16.8. The van der Waals surface area contributed by atoms with Crippen LogP contribution in [0.5, 0.6) is 0 Å². The number of carbonyl (C=O) groups is 5. The number of nitrogens with two attached hydrogens (primary N) is 1. The molecule has 3 rings (SSSR count). The Bertz CT molecular complexity index is 1100. The van der Waals surface area contributed by atoms with E-state index in [0.29, 0.717) is 16.3 Å². The number of hydrogen-bond acceptors (Lipinski definition) is 6. The molecule has 4 amide bonds. The van der Waals surface area contributed by atoms with Crippen molar-refractivity contribution < 1.29 is 29.1 Å². The van der Waals surface area contributed by atoms with Crippen molar-refractivity contribution in [3.63, 3.8) is 0 Å². The van der Waals surface area contributed by atoms with Crippen LogP contribution in [0.15, 0.2) is 65.6 Å². The number of hydrogen-bond donors (Lipinski definition) is 3. The Labute approximate surface area is 180 Å². The van der Waals surface area contributed by atoms with Crippen LogP contribution in [-0.4, -0.2) is 40.0 Å². The van der Waals surface area contributed by atoms with Crippen LogP contribution in [0.25, 0.3) is 0 Å². The summed E-state index contributed by atoms with van der Waals surface area (Å²) < 4.78 is 0. The summed E-state index contributed by atoms with van der Waals surface area (Å²) in [5.41, 5.74) is 6.25. The average Bonchev–Trinajstić information content (AvgIpc) is 2.99. The molecule has 1 aliphatic rings. The van der Waals surface area contributed by atoms with Gasteiger partial charge in [0, 0.05) is 34.7 Å². The van der Waals surface area contributed by atoms with Crippen molar-refractivity contribution in [3.05, 3.63) is 66.2 Å². The predicted octanol–water partition coefficient (Wildman–Crippen LogP) is 1.79. The lowest BCUT2D eigenvalue weighted by Crippen LogP contribution is -2.31. The molecule has 0 bridgehead atoms. The van der Waals surface area contributed by atoms with Crippen molar-refractivity contribution in [2.75, 3.05) is 10.2 Å². The fourth-order valence-electron chi connectivity index (χ4n) is 2.88. The standard InChI is InChI=1S/C21H17N3O6S/c22-20(29)12-4-6-14(7-5-12)24-18(26)11-16(21(24)30)31-15-3-1-2-13(10-15)23-17(25)8-9-19(27)28/h1-10,16H,11H2,(H2,22,29)(H,23,25)(H,27,28)/b9-8+/t16-/m0/s1. The van der Waals surface area contributed by atoms with Crippen molar-refractivity contribution in [2.45, 2.75) is 16.6 Å². The van der Waals surface area contributed by atoms with Crippen molar-refractivity contribution in [3.8, 4) is 0 Å². The van der Waals surface area contributed by atoms with Gasteiger partial charge in [0.05, 0.1) is 10.9 Å². The zero-order chi connectivity index (χ0) is 22.5. The second kappa shape index (κ2) is 9.26. The first kappa shape index (κ1) is 21.8. The zero-order valence-electron chi connectivity index (χ0n) is 16.0. The van der Waals surface area contributed by atoms with Crippen molar-refractivity contribution in [1.29, 1.82) is 0 Å². The summed E-state index contributed by atoms with van der Waals surface area (Å²) in [5.74, 6) is -3.21. The van der Waals surface area contributed by atoms with Gasteiger partial charge in [-0.1, -0.05) is 6.07 Å². The van der Waals surface area contributed by atoms with Gasteiger partial charge in [-0.3, -0.25) is 19.2 Å². The van der Waals surface area contributed by atoms with Gasteiger partial charge < -0.3 is 16.2 Å². The number of primary amides is 1. The van der Waals surface area contributed by atoms with Crippen LogP contribution in [0, 0.1) is 0 Å². The molecular weight excluding hydrogens is 422 g/mol. The summed E-state index contributed by atoms with van der Waals surface area (Å²) in [5, 5.41) is 10.4. The van der Waals surface area contributed by atoms with Crippen LogP contribution in [0.3, 0.4) is 0 Å². The van der Waals surface area contributed by atoms with E-state index in [4.69, 9.17) is 10.8 Å². The molecule has 10 heteroatoms. The van der Waals surface area contributed by atoms with Crippen molar-refractivity contribution in [1.82, 2.24) is 0 Å². The first-order valence-electron chi connectivity index (χ1n) is 9.00. The highest BCUT2D eigenvalue weighted by molar-refractivity contribution is 8.00. The molecule has 1 heterocycles. The normalized spacial score (nSPS) is 16.0. The number of carbonyl (C=O) groups excluding carboxylic acids is 4. The molecule has 1 saturated heterocycles. The lowest BCUT2D eigenvalue weighted by Gasteiger charge is -2.15. The maximum Gasteiger partial charge on any atom is 0.328 e. The Kier molecular flexibility index (Phi) is 6.51. The first-order valence-corrected chi connectivity index (χ1v) is 9.88.